The maximum absolute atomic E-state index is 13.1. The number of halogens is 1. The van der Waals surface area contributed by atoms with E-state index in [1.807, 2.05) is 27.7 Å². The average molecular weight is 501 g/mol. The Bertz CT molecular complexity index is 1080. The summed E-state index contributed by atoms with van der Waals surface area (Å²) in [6.07, 6.45) is 2.25. The van der Waals surface area contributed by atoms with E-state index in [4.69, 9.17) is 9.47 Å². The molecule has 168 valence electrons. The van der Waals surface area contributed by atoms with Crippen molar-refractivity contribution in [2.24, 2.45) is 0 Å². The van der Waals surface area contributed by atoms with Gasteiger partial charge in [0.1, 0.15) is 5.57 Å². The van der Waals surface area contributed by atoms with Crippen LogP contribution >= 0.6 is 15.9 Å². The summed E-state index contributed by atoms with van der Waals surface area (Å²) in [5.41, 5.74) is 1.74. The zero-order valence-corrected chi connectivity index (χ0v) is 20.0. The number of aryl methyl sites for hydroxylation is 1. The monoisotopic (exact) mass is 500 g/mol. The summed E-state index contributed by atoms with van der Waals surface area (Å²) in [5.74, 6) is -0.398. The van der Waals surface area contributed by atoms with Crippen LogP contribution in [-0.2, 0) is 9.59 Å². The van der Waals surface area contributed by atoms with Crippen LogP contribution in [0, 0.1) is 6.92 Å². The predicted octanol–water partition coefficient (Wildman–Crippen LogP) is 5.00. The maximum Gasteiger partial charge on any atom is 0.335 e. The van der Waals surface area contributed by atoms with Crippen molar-refractivity contribution in [3.8, 4) is 11.5 Å². The van der Waals surface area contributed by atoms with Gasteiger partial charge >= 0.3 is 6.03 Å². The number of carbonyl (C=O) groups is 3. The Balaban J connectivity index is 2.02. The number of barbiturate groups is 1. The van der Waals surface area contributed by atoms with E-state index < -0.39 is 17.8 Å². The van der Waals surface area contributed by atoms with Gasteiger partial charge in [-0.2, -0.15) is 0 Å². The molecule has 1 fully saturated rings. The van der Waals surface area contributed by atoms with Crippen molar-refractivity contribution in [3.05, 3.63) is 57.6 Å². The summed E-state index contributed by atoms with van der Waals surface area (Å²) in [6.45, 7) is 8.16. The minimum Gasteiger partial charge on any atom is -0.490 e. The quantitative estimate of drug-likeness (QED) is 0.427. The number of imide groups is 2. The zero-order chi connectivity index (χ0) is 23.4. The van der Waals surface area contributed by atoms with Crippen molar-refractivity contribution in [1.29, 1.82) is 0 Å². The number of anilines is 1. The molecule has 0 unspecified atom stereocenters. The molecule has 8 heteroatoms. The van der Waals surface area contributed by atoms with Crippen LogP contribution in [0.2, 0.25) is 0 Å². The van der Waals surface area contributed by atoms with Crippen molar-refractivity contribution < 1.29 is 23.9 Å². The third-order valence-corrected chi connectivity index (χ3v) is 5.65. The molecule has 0 bridgehead atoms. The molecule has 4 amide bonds. The Kier molecular flexibility index (Phi) is 7.35. The Hall–Kier alpha value is -3.13. The van der Waals surface area contributed by atoms with Crippen molar-refractivity contribution in [2.75, 3.05) is 11.5 Å². The maximum atomic E-state index is 13.1. The van der Waals surface area contributed by atoms with Crippen molar-refractivity contribution >= 4 is 45.5 Å². The number of hydrogen-bond donors (Lipinski definition) is 1. The van der Waals surface area contributed by atoms with Crippen molar-refractivity contribution in [3.63, 3.8) is 0 Å². The normalized spacial score (nSPS) is 16.2. The number of amides is 4. The second-order valence-corrected chi connectivity index (χ2v) is 8.24. The van der Waals surface area contributed by atoms with Crippen LogP contribution in [0.1, 0.15) is 38.3 Å². The van der Waals surface area contributed by atoms with Gasteiger partial charge in [-0.05, 0) is 63.1 Å². The summed E-state index contributed by atoms with van der Waals surface area (Å²) in [5, 5.41) is 2.24. The molecule has 1 N–H and O–H groups in total. The fourth-order valence-electron chi connectivity index (χ4n) is 3.06. The Morgan fingerprint density at radius 1 is 1.09 bits per heavy atom. The molecule has 2 aromatic carbocycles. The summed E-state index contributed by atoms with van der Waals surface area (Å²) < 4.78 is 12.3. The second-order valence-electron chi connectivity index (χ2n) is 7.38. The lowest BCUT2D eigenvalue weighted by atomic mass is 10.1. The highest BCUT2D eigenvalue weighted by atomic mass is 79.9. The summed E-state index contributed by atoms with van der Waals surface area (Å²) in [6, 6.07) is 9.55. The van der Waals surface area contributed by atoms with Crippen molar-refractivity contribution in [2.45, 2.75) is 40.2 Å². The molecule has 1 heterocycles. The molecule has 2 aromatic rings. The SMILES string of the molecule is CCOc1cc(/C=C2\C(=O)NC(=O)N(c3ccc(C)cc3)C2=O)c(Br)cc1O[C@H](C)CC. The number of rotatable bonds is 7. The highest BCUT2D eigenvalue weighted by Crippen LogP contribution is 2.36. The van der Waals surface area contributed by atoms with Gasteiger partial charge in [-0.1, -0.05) is 40.5 Å². The highest BCUT2D eigenvalue weighted by Gasteiger charge is 2.37. The Morgan fingerprint density at radius 2 is 1.78 bits per heavy atom. The van der Waals surface area contributed by atoms with Gasteiger partial charge in [0.2, 0.25) is 0 Å². The molecule has 32 heavy (non-hydrogen) atoms. The number of benzene rings is 2. The van der Waals surface area contributed by atoms with E-state index in [0.29, 0.717) is 33.8 Å². The molecule has 3 rings (SSSR count). The molecule has 0 aliphatic carbocycles. The lowest BCUT2D eigenvalue weighted by molar-refractivity contribution is -0.122. The van der Waals surface area contributed by atoms with Gasteiger partial charge in [-0.25, -0.2) is 9.69 Å². The van der Waals surface area contributed by atoms with Crippen LogP contribution in [0.25, 0.3) is 6.08 Å². The fourth-order valence-corrected chi connectivity index (χ4v) is 3.50. The van der Waals surface area contributed by atoms with Crippen LogP contribution in [0.15, 0.2) is 46.4 Å². The molecule has 1 saturated heterocycles. The number of urea groups is 1. The first-order valence-corrected chi connectivity index (χ1v) is 11.2. The highest BCUT2D eigenvalue weighted by molar-refractivity contribution is 9.10. The molecule has 1 aliphatic rings. The molecule has 1 atom stereocenters. The average Bonchev–Trinajstić information content (AvgIpc) is 2.75. The lowest BCUT2D eigenvalue weighted by Crippen LogP contribution is -2.54. The Labute approximate surface area is 195 Å². The third kappa shape index (κ3) is 5.02. The Morgan fingerprint density at radius 3 is 2.41 bits per heavy atom. The topological polar surface area (TPSA) is 84.9 Å². The fraction of sp³-hybridized carbons (Fsp3) is 0.292. The molecule has 0 saturated carbocycles. The van der Waals surface area contributed by atoms with Crippen LogP contribution in [0.4, 0.5) is 10.5 Å². The first-order valence-electron chi connectivity index (χ1n) is 10.4. The summed E-state index contributed by atoms with van der Waals surface area (Å²) in [7, 11) is 0. The van der Waals surface area contributed by atoms with E-state index in [2.05, 4.69) is 21.2 Å². The van der Waals surface area contributed by atoms with Gasteiger partial charge in [-0.15, -0.1) is 0 Å². The molecule has 0 aromatic heterocycles. The van der Waals surface area contributed by atoms with Crippen LogP contribution in [-0.4, -0.2) is 30.6 Å². The van der Waals surface area contributed by atoms with Gasteiger partial charge in [0, 0.05) is 4.47 Å². The number of nitrogens with zero attached hydrogens (tertiary/aromatic N) is 1. The van der Waals surface area contributed by atoms with E-state index in [1.165, 1.54) is 6.08 Å². The van der Waals surface area contributed by atoms with Crippen LogP contribution < -0.4 is 19.7 Å². The lowest BCUT2D eigenvalue weighted by Gasteiger charge is -2.26. The van der Waals surface area contributed by atoms with Crippen LogP contribution in [0.5, 0.6) is 11.5 Å². The smallest absolute Gasteiger partial charge is 0.335 e. The standard InChI is InChI=1S/C24H25BrN2O5/c1-5-15(4)32-21-13-19(25)16(12-20(21)31-6-2)11-18-22(28)26-24(30)27(23(18)29)17-9-7-14(3)8-10-17/h7-13,15H,5-6H2,1-4H3,(H,26,28,30)/b18-11+/t15-/m1/s1. The second kappa shape index (κ2) is 9.99. The molecule has 7 nitrogen and oxygen atoms in total. The number of nitrogens with one attached hydrogen (secondary N) is 1. The molecule has 1 aliphatic heterocycles. The minimum atomic E-state index is -0.785. The minimum absolute atomic E-state index is 0.00918. The first kappa shape index (κ1) is 23.5. The van der Waals surface area contributed by atoms with Gasteiger partial charge in [0.15, 0.2) is 11.5 Å². The number of hydrogen-bond acceptors (Lipinski definition) is 5. The molecular formula is C24H25BrN2O5. The number of ether oxygens (including phenoxy) is 2. The third-order valence-electron chi connectivity index (χ3n) is 4.96. The predicted molar refractivity (Wildman–Crippen MR) is 126 cm³/mol. The molecule has 0 spiro atoms. The van der Waals surface area contributed by atoms with E-state index in [-0.39, 0.29) is 11.7 Å². The van der Waals surface area contributed by atoms with E-state index in [9.17, 15) is 14.4 Å². The number of carbonyl (C=O) groups excluding carboxylic acids is 3. The first-order chi connectivity index (χ1) is 15.2. The van der Waals surface area contributed by atoms with Crippen LogP contribution in [0.3, 0.4) is 0 Å². The molecular weight excluding hydrogens is 476 g/mol. The van der Waals surface area contributed by atoms with Gasteiger partial charge in [-0.3, -0.25) is 14.9 Å². The summed E-state index contributed by atoms with van der Waals surface area (Å²) >= 11 is 3.49. The van der Waals surface area contributed by atoms with Gasteiger partial charge in [0.05, 0.1) is 18.4 Å². The largest absolute Gasteiger partial charge is 0.490 e. The van der Waals surface area contributed by atoms with E-state index >= 15 is 0 Å². The molecule has 0 radical (unpaired) electrons. The van der Waals surface area contributed by atoms with E-state index in [0.717, 1.165) is 16.9 Å². The van der Waals surface area contributed by atoms with Gasteiger partial charge < -0.3 is 9.47 Å². The summed E-state index contributed by atoms with van der Waals surface area (Å²) in [4.78, 5) is 38.9. The van der Waals surface area contributed by atoms with Crippen molar-refractivity contribution in [1.82, 2.24) is 5.32 Å². The van der Waals surface area contributed by atoms with Gasteiger partial charge in [0.25, 0.3) is 11.8 Å². The van der Waals surface area contributed by atoms with E-state index in [1.54, 1.807) is 36.4 Å². The zero-order valence-electron chi connectivity index (χ0n) is 18.4.